The lowest BCUT2D eigenvalue weighted by atomic mass is 10.2. The van der Waals surface area contributed by atoms with Crippen LogP contribution in [0.1, 0.15) is 10.4 Å². The van der Waals surface area contributed by atoms with Crippen molar-refractivity contribution < 1.29 is 32.2 Å². The number of ether oxygens (including phenoxy) is 1. The first-order valence-corrected chi connectivity index (χ1v) is 5.12. The third-order valence-corrected chi connectivity index (χ3v) is 2.25. The number of aliphatic hydroxyl groups is 1. The van der Waals surface area contributed by atoms with Gasteiger partial charge in [0.15, 0.2) is 17.7 Å². The van der Waals surface area contributed by atoms with Crippen molar-refractivity contribution in [2.75, 3.05) is 13.7 Å². The normalized spacial score (nSPS) is 12.9. The molecule has 4 nitrogen and oxygen atoms in total. The summed E-state index contributed by atoms with van der Waals surface area (Å²) >= 11 is 0. The Morgan fingerprint density at radius 1 is 1.47 bits per heavy atom. The predicted octanol–water partition coefficient (Wildman–Crippen LogP) is 1.49. The van der Waals surface area contributed by atoms with Crippen molar-refractivity contribution >= 4 is 5.91 Å². The summed E-state index contributed by atoms with van der Waals surface area (Å²) < 4.78 is 53.9. The number of alkyl halides is 3. The summed E-state index contributed by atoms with van der Waals surface area (Å²) in [5, 5.41) is 10.5. The number of hydrogen-bond acceptors (Lipinski definition) is 3. The van der Waals surface area contributed by atoms with Crippen LogP contribution in [0.3, 0.4) is 0 Å². The Balaban J connectivity index is 2.67. The van der Waals surface area contributed by atoms with Crippen molar-refractivity contribution in [1.29, 1.82) is 0 Å². The molecule has 0 heterocycles. The molecule has 1 amide bonds. The summed E-state index contributed by atoms with van der Waals surface area (Å²) in [6, 6.07) is 3.19. The van der Waals surface area contributed by atoms with Crippen molar-refractivity contribution in [1.82, 2.24) is 5.32 Å². The summed E-state index contributed by atoms with van der Waals surface area (Å²) in [7, 11) is 1.23. The zero-order valence-corrected chi connectivity index (χ0v) is 9.79. The first-order chi connectivity index (χ1) is 8.75. The Morgan fingerprint density at radius 2 is 2.11 bits per heavy atom. The minimum Gasteiger partial charge on any atom is -0.494 e. The van der Waals surface area contributed by atoms with Crippen molar-refractivity contribution in [3.63, 3.8) is 0 Å². The van der Waals surface area contributed by atoms with Gasteiger partial charge in [0.2, 0.25) is 0 Å². The molecule has 0 radical (unpaired) electrons. The molecule has 0 aromatic heterocycles. The average Bonchev–Trinajstić information content (AvgIpc) is 2.34. The van der Waals surface area contributed by atoms with Crippen LogP contribution in [0.15, 0.2) is 18.2 Å². The van der Waals surface area contributed by atoms with E-state index in [0.717, 1.165) is 6.07 Å². The van der Waals surface area contributed by atoms with Gasteiger partial charge >= 0.3 is 6.18 Å². The van der Waals surface area contributed by atoms with Crippen molar-refractivity contribution in [3.05, 3.63) is 29.6 Å². The zero-order chi connectivity index (χ0) is 14.6. The van der Waals surface area contributed by atoms with Gasteiger partial charge in [0.25, 0.3) is 5.91 Å². The molecule has 0 aliphatic heterocycles. The van der Waals surface area contributed by atoms with E-state index in [0.29, 0.717) is 0 Å². The maximum absolute atomic E-state index is 13.3. The Morgan fingerprint density at radius 3 is 2.58 bits per heavy atom. The number of aliphatic hydroxyl groups excluding tert-OH is 1. The highest BCUT2D eigenvalue weighted by molar-refractivity contribution is 5.94. The van der Waals surface area contributed by atoms with Gasteiger partial charge in [-0.2, -0.15) is 13.2 Å². The van der Waals surface area contributed by atoms with Gasteiger partial charge in [-0.25, -0.2) is 4.39 Å². The molecule has 106 valence electrons. The summed E-state index contributed by atoms with van der Waals surface area (Å²) in [6.07, 6.45) is -7.49. The summed E-state index contributed by atoms with van der Waals surface area (Å²) in [4.78, 5) is 11.4. The summed E-state index contributed by atoms with van der Waals surface area (Å²) in [5.41, 5.74) is -0.173. The van der Waals surface area contributed by atoms with Crippen molar-refractivity contribution in [2.45, 2.75) is 12.3 Å². The summed E-state index contributed by atoms with van der Waals surface area (Å²) in [6.45, 7) is -1.00. The predicted molar refractivity (Wildman–Crippen MR) is 57.3 cm³/mol. The number of amides is 1. The number of hydrogen-bond donors (Lipinski definition) is 2. The topological polar surface area (TPSA) is 58.6 Å². The third kappa shape index (κ3) is 4.09. The van der Waals surface area contributed by atoms with Crippen LogP contribution in [0.2, 0.25) is 0 Å². The first-order valence-electron chi connectivity index (χ1n) is 5.12. The molecule has 1 aromatic rings. The largest absolute Gasteiger partial charge is 0.494 e. The fourth-order valence-corrected chi connectivity index (χ4v) is 1.21. The lowest BCUT2D eigenvalue weighted by molar-refractivity contribution is -0.201. The fourth-order valence-electron chi connectivity index (χ4n) is 1.21. The molecule has 0 saturated carbocycles. The van der Waals surface area contributed by atoms with Crippen molar-refractivity contribution in [3.8, 4) is 5.75 Å². The number of carbonyl (C=O) groups is 1. The third-order valence-electron chi connectivity index (χ3n) is 2.25. The molecule has 1 unspecified atom stereocenters. The molecule has 8 heteroatoms. The molecule has 1 rings (SSSR count). The first kappa shape index (κ1) is 15.2. The summed E-state index contributed by atoms with van der Waals surface area (Å²) in [5.74, 6) is -1.83. The molecular formula is C11H11F4NO3. The second-order valence-electron chi connectivity index (χ2n) is 3.62. The fraction of sp³-hybridized carbons (Fsp3) is 0.364. The van der Waals surface area contributed by atoms with Crippen LogP contribution < -0.4 is 10.1 Å². The molecule has 2 N–H and O–H groups in total. The van der Waals surface area contributed by atoms with E-state index < -0.39 is 30.5 Å². The highest BCUT2D eigenvalue weighted by atomic mass is 19.4. The molecule has 1 aromatic carbocycles. The Labute approximate surface area is 106 Å². The van der Waals surface area contributed by atoms with E-state index in [1.54, 1.807) is 0 Å². The Kier molecular flexibility index (Phi) is 4.71. The second kappa shape index (κ2) is 5.87. The van der Waals surface area contributed by atoms with Gasteiger partial charge in [0, 0.05) is 5.56 Å². The lowest BCUT2D eigenvalue weighted by Gasteiger charge is -2.15. The van der Waals surface area contributed by atoms with E-state index in [1.807, 2.05) is 5.32 Å². The maximum Gasteiger partial charge on any atom is 0.416 e. The number of methoxy groups -OCH3 is 1. The molecule has 0 spiro atoms. The molecule has 0 fully saturated rings. The number of rotatable bonds is 4. The van der Waals surface area contributed by atoms with E-state index in [-0.39, 0.29) is 11.3 Å². The van der Waals surface area contributed by atoms with Gasteiger partial charge in [0.05, 0.1) is 13.7 Å². The SMILES string of the molecule is COc1ccc(C(=O)NCC(O)C(F)(F)F)cc1F. The van der Waals surface area contributed by atoms with Crippen LogP contribution in [-0.2, 0) is 0 Å². The highest BCUT2D eigenvalue weighted by Gasteiger charge is 2.38. The minimum absolute atomic E-state index is 0.0909. The van der Waals surface area contributed by atoms with E-state index in [1.165, 1.54) is 19.2 Å². The van der Waals surface area contributed by atoms with E-state index >= 15 is 0 Å². The molecule has 1 atom stereocenters. The molecule has 0 aliphatic carbocycles. The average molecular weight is 281 g/mol. The number of nitrogens with one attached hydrogen (secondary N) is 1. The van der Waals surface area contributed by atoms with Gasteiger partial charge in [-0.1, -0.05) is 0 Å². The molecule has 0 saturated heterocycles. The highest BCUT2D eigenvalue weighted by Crippen LogP contribution is 2.20. The minimum atomic E-state index is -4.82. The number of carbonyl (C=O) groups excluding carboxylic acids is 1. The van der Waals surface area contributed by atoms with Gasteiger partial charge < -0.3 is 15.2 Å². The Bertz CT molecular complexity index is 462. The maximum atomic E-state index is 13.3. The number of benzene rings is 1. The number of halogens is 4. The Hall–Kier alpha value is -1.83. The molecule has 0 bridgehead atoms. The van der Waals surface area contributed by atoms with Gasteiger partial charge in [-0.3, -0.25) is 4.79 Å². The molecule has 19 heavy (non-hydrogen) atoms. The molecule has 0 aliphatic rings. The second-order valence-corrected chi connectivity index (χ2v) is 3.62. The quantitative estimate of drug-likeness (QED) is 0.822. The molecular weight excluding hydrogens is 270 g/mol. The smallest absolute Gasteiger partial charge is 0.416 e. The zero-order valence-electron chi connectivity index (χ0n) is 9.79. The standard InChI is InChI=1S/C11H11F4NO3/c1-19-8-3-2-6(4-7(8)12)10(18)16-5-9(17)11(13,14)15/h2-4,9,17H,5H2,1H3,(H,16,18). The van der Waals surface area contributed by atoms with Crippen LogP contribution >= 0.6 is 0 Å². The van der Waals surface area contributed by atoms with Crippen LogP contribution in [0, 0.1) is 5.82 Å². The monoisotopic (exact) mass is 281 g/mol. The van der Waals surface area contributed by atoms with Crippen LogP contribution in [0.5, 0.6) is 5.75 Å². The van der Waals surface area contributed by atoms with Crippen LogP contribution in [0.25, 0.3) is 0 Å². The van der Waals surface area contributed by atoms with Crippen LogP contribution in [0.4, 0.5) is 17.6 Å². The van der Waals surface area contributed by atoms with Gasteiger partial charge in [-0.05, 0) is 18.2 Å². The van der Waals surface area contributed by atoms with E-state index in [2.05, 4.69) is 4.74 Å². The van der Waals surface area contributed by atoms with Gasteiger partial charge in [0.1, 0.15) is 0 Å². The van der Waals surface area contributed by atoms with Crippen LogP contribution in [-0.4, -0.2) is 36.9 Å². The van der Waals surface area contributed by atoms with E-state index in [9.17, 15) is 22.4 Å². The van der Waals surface area contributed by atoms with E-state index in [4.69, 9.17) is 5.11 Å². The van der Waals surface area contributed by atoms with Crippen molar-refractivity contribution in [2.24, 2.45) is 0 Å². The van der Waals surface area contributed by atoms with Gasteiger partial charge in [-0.15, -0.1) is 0 Å². The lowest BCUT2D eigenvalue weighted by Crippen LogP contribution is -2.40.